The molecule has 0 aliphatic heterocycles. The lowest BCUT2D eigenvalue weighted by molar-refractivity contribution is 0.0686. The van der Waals surface area contributed by atoms with Gasteiger partial charge in [0.05, 0.1) is 11.0 Å². The molecule has 0 bridgehead atoms. The molecule has 6 heteroatoms. The minimum atomic E-state index is -1.10. The third kappa shape index (κ3) is 1.77. The number of hydrogen-bond donors (Lipinski definition) is 2. The van der Waals surface area contributed by atoms with Gasteiger partial charge in [-0.1, -0.05) is 5.16 Å². The summed E-state index contributed by atoms with van der Waals surface area (Å²) in [6, 6.07) is 7.07. The van der Waals surface area contributed by atoms with Crippen molar-refractivity contribution in [3.8, 4) is 11.3 Å². The van der Waals surface area contributed by atoms with Gasteiger partial charge in [0, 0.05) is 17.5 Å². The number of aromatic amines is 1. The molecule has 0 radical (unpaired) electrons. The summed E-state index contributed by atoms with van der Waals surface area (Å²) in [5.41, 5.74) is 2.53. The number of carboxylic acids is 1. The summed E-state index contributed by atoms with van der Waals surface area (Å²) in [7, 11) is 0. The largest absolute Gasteiger partial charge is 0.476 e. The number of imidazole rings is 1. The third-order valence-electron chi connectivity index (χ3n) is 3.48. The molecule has 0 amide bonds. The van der Waals surface area contributed by atoms with Crippen LogP contribution in [0.5, 0.6) is 0 Å². The molecule has 1 aliphatic carbocycles. The Morgan fingerprint density at radius 3 is 2.90 bits per heavy atom. The van der Waals surface area contributed by atoms with Crippen molar-refractivity contribution in [2.75, 3.05) is 0 Å². The van der Waals surface area contributed by atoms with Crippen molar-refractivity contribution in [1.82, 2.24) is 15.1 Å². The van der Waals surface area contributed by atoms with E-state index in [0.29, 0.717) is 11.7 Å². The number of carbonyl (C=O) groups is 1. The Morgan fingerprint density at radius 1 is 1.35 bits per heavy atom. The highest BCUT2D eigenvalue weighted by Crippen LogP contribution is 2.39. The molecule has 2 N–H and O–H groups in total. The SMILES string of the molecule is O=C(O)c1cc(-c2ccc3nc(C4CC4)[nH]c3c2)on1. The van der Waals surface area contributed by atoms with Crippen LogP contribution in [0.2, 0.25) is 0 Å². The number of hydrogen-bond acceptors (Lipinski definition) is 4. The first-order chi connectivity index (χ1) is 9.70. The van der Waals surface area contributed by atoms with E-state index in [-0.39, 0.29) is 5.69 Å². The number of aromatic carboxylic acids is 1. The van der Waals surface area contributed by atoms with Crippen molar-refractivity contribution >= 4 is 17.0 Å². The molecule has 0 unspecified atom stereocenters. The van der Waals surface area contributed by atoms with Crippen molar-refractivity contribution in [2.45, 2.75) is 18.8 Å². The second-order valence-corrected chi connectivity index (χ2v) is 5.01. The van der Waals surface area contributed by atoms with E-state index >= 15 is 0 Å². The zero-order valence-corrected chi connectivity index (χ0v) is 10.5. The van der Waals surface area contributed by atoms with E-state index in [9.17, 15) is 4.79 Å². The molecule has 2 aromatic heterocycles. The first-order valence-corrected chi connectivity index (χ1v) is 6.41. The average Bonchev–Trinajstić information content (AvgIpc) is 3.02. The Morgan fingerprint density at radius 2 is 2.20 bits per heavy atom. The molecule has 3 aromatic rings. The van der Waals surface area contributed by atoms with Crippen LogP contribution in [-0.2, 0) is 0 Å². The maximum atomic E-state index is 10.8. The minimum absolute atomic E-state index is 0.0941. The van der Waals surface area contributed by atoms with Crippen molar-refractivity contribution in [3.05, 3.63) is 35.8 Å². The Hall–Kier alpha value is -2.63. The molecule has 0 spiro atoms. The van der Waals surface area contributed by atoms with E-state index < -0.39 is 5.97 Å². The minimum Gasteiger partial charge on any atom is -0.476 e. The van der Waals surface area contributed by atoms with Crippen LogP contribution < -0.4 is 0 Å². The highest BCUT2D eigenvalue weighted by molar-refractivity contribution is 5.87. The maximum absolute atomic E-state index is 10.8. The van der Waals surface area contributed by atoms with Gasteiger partial charge in [0.15, 0.2) is 11.5 Å². The molecule has 20 heavy (non-hydrogen) atoms. The number of nitrogens with zero attached hydrogens (tertiary/aromatic N) is 2. The molecule has 6 nitrogen and oxygen atoms in total. The quantitative estimate of drug-likeness (QED) is 0.762. The van der Waals surface area contributed by atoms with Gasteiger partial charge in [0.2, 0.25) is 0 Å². The van der Waals surface area contributed by atoms with Crippen LogP contribution in [0, 0.1) is 0 Å². The van der Waals surface area contributed by atoms with Crippen LogP contribution in [0.25, 0.3) is 22.4 Å². The van der Waals surface area contributed by atoms with Crippen molar-refractivity contribution in [3.63, 3.8) is 0 Å². The van der Waals surface area contributed by atoms with Crippen molar-refractivity contribution in [1.29, 1.82) is 0 Å². The molecular formula is C14H11N3O3. The van der Waals surface area contributed by atoms with Crippen LogP contribution in [0.15, 0.2) is 28.8 Å². The number of aromatic nitrogens is 3. The lowest BCUT2D eigenvalue weighted by Crippen LogP contribution is -1.94. The third-order valence-corrected chi connectivity index (χ3v) is 3.48. The molecule has 4 rings (SSSR count). The van der Waals surface area contributed by atoms with Gasteiger partial charge in [-0.05, 0) is 31.0 Å². The standard InChI is InChI=1S/C14H11N3O3/c18-14(19)11-6-12(20-17-11)8-3-4-9-10(5-8)16-13(15-9)7-1-2-7/h3-7H,1-2H2,(H,15,16)(H,18,19). The molecule has 1 aliphatic rings. The smallest absolute Gasteiger partial charge is 0.358 e. The molecule has 1 saturated carbocycles. The van der Waals surface area contributed by atoms with Crippen LogP contribution in [0.1, 0.15) is 35.1 Å². The summed E-state index contributed by atoms with van der Waals surface area (Å²) in [5.74, 6) is 0.932. The molecular weight excluding hydrogens is 258 g/mol. The van der Waals surface area contributed by atoms with Crippen LogP contribution in [0.4, 0.5) is 0 Å². The summed E-state index contributed by atoms with van der Waals surface area (Å²) in [6.07, 6.45) is 2.38. The van der Waals surface area contributed by atoms with Gasteiger partial charge >= 0.3 is 5.97 Å². The molecule has 1 fully saturated rings. The Labute approximate surface area is 113 Å². The van der Waals surface area contributed by atoms with E-state index in [1.54, 1.807) is 0 Å². The number of nitrogens with one attached hydrogen (secondary N) is 1. The summed E-state index contributed by atoms with van der Waals surface area (Å²) in [4.78, 5) is 18.7. The summed E-state index contributed by atoms with van der Waals surface area (Å²) >= 11 is 0. The predicted octanol–water partition coefficient (Wildman–Crippen LogP) is 2.79. The Bertz CT molecular complexity index is 814. The van der Waals surface area contributed by atoms with Gasteiger partial charge in [0.25, 0.3) is 0 Å². The van der Waals surface area contributed by atoms with Crippen molar-refractivity contribution in [2.24, 2.45) is 0 Å². The highest BCUT2D eigenvalue weighted by Gasteiger charge is 2.26. The maximum Gasteiger partial charge on any atom is 0.358 e. The Kier molecular flexibility index (Phi) is 2.20. The predicted molar refractivity (Wildman–Crippen MR) is 70.5 cm³/mol. The molecule has 0 saturated heterocycles. The highest BCUT2D eigenvalue weighted by atomic mass is 16.5. The molecule has 0 atom stereocenters. The van der Waals surface area contributed by atoms with Gasteiger partial charge in [0.1, 0.15) is 5.82 Å². The summed E-state index contributed by atoms with van der Waals surface area (Å²) in [5, 5.41) is 12.4. The van der Waals surface area contributed by atoms with Gasteiger partial charge in [-0.2, -0.15) is 0 Å². The topological polar surface area (TPSA) is 92.0 Å². The van der Waals surface area contributed by atoms with Gasteiger partial charge in [-0.25, -0.2) is 9.78 Å². The fraction of sp³-hybridized carbons (Fsp3) is 0.214. The number of H-pyrrole nitrogens is 1. The first-order valence-electron chi connectivity index (χ1n) is 6.41. The van der Waals surface area contributed by atoms with E-state index in [2.05, 4.69) is 15.1 Å². The second kappa shape index (κ2) is 3.93. The summed E-state index contributed by atoms with van der Waals surface area (Å²) < 4.78 is 5.06. The van der Waals surface area contributed by atoms with Gasteiger partial charge < -0.3 is 14.6 Å². The lowest BCUT2D eigenvalue weighted by atomic mass is 10.1. The van der Waals surface area contributed by atoms with Crippen molar-refractivity contribution < 1.29 is 14.4 Å². The first kappa shape index (κ1) is 11.2. The number of rotatable bonds is 3. The average molecular weight is 269 g/mol. The fourth-order valence-electron chi connectivity index (χ4n) is 2.24. The van der Waals surface area contributed by atoms with E-state index in [1.165, 1.54) is 18.9 Å². The zero-order chi connectivity index (χ0) is 13.7. The van der Waals surface area contributed by atoms with Crippen LogP contribution >= 0.6 is 0 Å². The van der Waals surface area contributed by atoms with Gasteiger partial charge in [-0.15, -0.1) is 0 Å². The lowest BCUT2D eigenvalue weighted by Gasteiger charge is -1.94. The fourth-order valence-corrected chi connectivity index (χ4v) is 2.24. The molecule has 100 valence electrons. The molecule has 2 heterocycles. The summed E-state index contributed by atoms with van der Waals surface area (Å²) in [6.45, 7) is 0. The van der Waals surface area contributed by atoms with E-state index in [4.69, 9.17) is 9.63 Å². The number of carboxylic acid groups (broad SMARTS) is 1. The van der Waals surface area contributed by atoms with E-state index in [1.807, 2.05) is 18.2 Å². The van der Waals surface area contributed by atoms with Crippen LogP contribution in [-0.4, -0.2) is 26.2 Å². The zero-order valence-electron chi connectivity index (χ0n) is 10.5. The Balaban J connectivity index is 1.76. The second-order valence-electron chi connectivity index (χ2n) is 5.01. The normalized spacial score (nSPS) is 14.8. The molecule has 1 aromatic carbocycles. The number of benzene rings is 1. The monoisotopic (exact) mass is 269 g/mol. The number of fused-ring (bicyclic) bond motifs is 1. The van der Waals surface area contributed by atoms with Gasteiger partial charge in [-0.3, -0.25) is 0 Å². The van der Waals surface area contributed by atoms with Crippen LogP contribution in [0.3, 0.4) is 0 Å². The van der Waals surface area contributed by atoms with E-state index in [0.717, 1.165) is 22.4 Å².